The quantitative estimate of drug-likeness (QED) is 0.758. The fraction of sp³-hybridized carbons (Fsp3) is 0.421. The Balaban J connectivity index is 0.00000225. The van der Waals surface area contributed by atoms with Gasteiger partial charge in [-0.1, -0.05) is 29.8 Å². The van der Waals surface area contributed by atoms with Crippen molar-refractivity contribution in [3.63, 3.8) is 0 Å². The molecule has 4 nitrogen and oxygen atoms in total. The zero-order valence-electron chi connectivity index (χ0n) is 14.6. The molecular formula is C19H26ClN3OS. The third-order valence-electron chi connectivity index (χ3n) is 4.38. The summed E-state index contributed by atoms with van der Waals surface area (Å²) in [5, 5.41) is 8.42. The minimum absolute atomic E-state index is 0. The minimum Gasteiger partial charge on any atom is -0.351 e. The molecular weight excluding hydrogens is 354 g/mol. The molecule has 2 aromatic rings. The van der Waals surface area contributed by atoms with E-state index in [1.165, 1.54) is 16.9 Å². The van der Waals surface area contributed by atoms with Gasteiger partial charge in [0, 0.05) is 38.3 Å². The molecule has 0 atom stereocenters. The average Bonchev–Trinajstić information content (AvgIpc) is 3.10. The number of rotatable bonds is 6. The van der Waals surface area contributed by atoms with Gasteiger partial charge in [-0.15, -0.1) is 23.7 Å². The molecule has 1 saturated heterocycles. The SMILES string of the molecule is Cc1ccc(-c2ccsc2C(=O)NCCCN2CCNCC2)cc1.Cl. The Bertz CT molecular complexity index is 666. The summed E-state index contributed by atoms with van der Waals surface area (Å²) >= 11 is 1.51. The predicted molar refractivity (Wildman–Crippen MR) is 108 cm³/mol. The lowest BCUT2D eigenvalue weighted by molar-refractivity contribution is 0.0956. The normalized spacial score (nSPS) is 14.8. The van der Waals surface area contributed by atoms with Crippen molar-refractivity contribution in [1.82, 2.24) is 15.5 Å². The van der Waals surface area contributed by atoms with Crippen LogP contribution in [0.4, 0.5) is 0 Å². The number of hydrogen-bond donors (Lipinski definition) is 2. The molecule has 1 amide bonds. The monoisotopic (exact) mass is 379 g/mol. The van der Waals surface area contributed by atoms with Gasteiger partial charge in [-0.3, -0.25) is 4.79 Å². The Morgan fingerprint density at radius 3 is 2.64 bits per heavy atom. The number of nitrogens with one attached hydrogen (secondary N) is 2. The fourth-order valence-electron chi connectivity index (χ4n) is 2.97. The molecule has 3 rings (SSSR count). The van der Waals surface area contributed by atoms with E-state index < -0.39 is 0 Å². The van der Waals surface area contributed by atoms with Crippen LogP contribution in [0.1, 0.15) is 21.7 Å². The number of nitrogens with zero attached hydrogens (tertiary/aromatic N) is 1. The number of piperazine rings is 1. The second-order valence-corrected chi connectivity index (χ2v) is 7.15. The smallest absolute Gasteiger partial charge is 0.261 e. The molecule has 6 heteroatoms. The lowest BCUT2D eigenvalue weighted by Crippen LogP contribution is -2.44. The molecule has 0 bridgehead atoms. The van der Waals surface area contributed by atoms with Crippen LogP contribution in [-0.2, 0) is 0 Å². The summed E-state index contributed by atoms with van der Waals surface area (Å²) in [6.45, 7) is 8.21. The zero-order valence-corrected chi connectivity index (χ0v) is 16.2. The molecule has 0 spiro atoms. The van der Waals surface area contributed by atoms with Crippen LogP contribution >= 0.6 is 23.7 Å². The van der Waals surface area contributed by atoms with Gasteiger partial charge in [0.05, 0.1) is 4.88 Å². The summed E-state index contributed by atoms with van der Waals surface area (Å²) in [5.74, 6) is 0.0425. The van der Waals surface area contributed by atoms with Crippen molar-refractivity contribution in [2.75, 3.05) is 39.3 Å². The minimum atomic E-state index is 0. The lowest BCUT2D eigenvalue weighted by atomic mass is 10.0. The van der Waals surface area contributed by atoms with E-state index in [-0.39, 0.29) is 18.3 Å². The van der Waals surface area contributed by atoms with Gasteiger partial charge in [-0.25, -0.2) is 0 Å². The molecule has 2 N–H and O–H groups in total. The van der Waals surface area contributed by atoms with Gasteiger partial charge in [-0.05, 0) is 36.9 Å². The first-order valence-electron chi connectivity index (χ1n) is 8.60. The molecule has 1 aromatic carbocycles. The maximum atomic E-state index is 12.5. The number of benzene rings is 1. The van der Waals surface area contributed by atoms with Gasteiger partial charge in [0.1, 0.15) is 0 Å². The molecule has 2 heterocycles. The Kier molecular flexibility index (Phi) is 7.90. The first-order valence-corrected chi connectivity index (χ1v) is 9.48. The van der Waals surface area contributed by atoms with Crippen molar-refractivity contribution in [1.29, 1.82) is 0 Å². The largest absolute Gasteiger partial charge is 0.351 e. The van der Waals surface area contributed by atoms with Gasteiger partial charge in [0.25, 0.3) is 5.91 Å². The van der Waals surface area contributed by atoms with Crippen molar-refractivity contribution in [3.8, 4) is 11.1 Å². The summed E-state index contributed by atoms with van der Waals surface area (Å²) in [5.41, 5.74) is 3.36. The summed E-state index contributed by atoms with van der Waals surface area (Å²) in [6, 6.07) is 10.4. The highest BCUT2D eigenvalue weighted by Gasteiger charge is 2.14. The maximum Gasteiger partial charge on any atom is 0.261 e. The summed E-state index contributed by atoms with van der Waals surface area (Å²) in [7, 11) is 0. The third kappa shape index (κ3) is 5.54. The van der Waals surface area contributed by atoms with Crippen LogP contribution in [0, 0.1) is 6.92 Å². The Labute approximate surface area is 160 Å². The van der Waals surface area contributed by atoms with Crippen LogP contribution in [0.5, 0.6) is 0 Å². The maximum absolute atomic E-state index is 12.5. The zero-order chi connectivity index (χ0) is 16.8. The van der Waals surface area contributed by atoms with Crippen molar-refractivity contribution < 1.29 is 4.79 Å². The van der Waals surface area contributed by atoms with Gasteiger partial charge in [0.15, 0.2) is 0 Å². The summed E-state index contributed by atoms with van der Waals surface area (Å²) < 4.78 is 0. The molecule has 136 valence electrons. The highest BCUT2D eigenvalue weighted by Crippen LogP contribution is 2.28. The number of amides is 1. The van der Waals surface area contributed by atoms with Gasteiger partial charge >= 0.3 is 0 Å². The highest BCUT2D eigenvalue weighted by molar-refractivity contribution is 7.12. The van der Waals surface area contributed by atoms with Crippen LogP contribution in [0.25, 0.3) is 11.1 Å². The number of thiophene rings is 1. The predicted octanol–water partition coefficient (Wildman–Crippen LogP) is 3.17. The van der Waals surface area contributed by atoms with Crippen LogP contribution in [0.15, 0.2) is 35.7 Å². The number of aryl methyl sites for hydroxylation is 1. The Hall–Kier alpha value is -1.40. The van der Waals surface area contributed by atoms with Crippen LogP contribution in [0.3, 0.4) is 0 Å². The second-order valence-electron chi connectivity index (χ2n) is 6.23. The van der Waals surface area contributed by atoms with Gasteiger partial charge in [-0.2, -0.15) is 0 Å². The van der Waals surface area contributed by atoms with Crippen molar-refractivity contribution in [2.24, 2.45) is 0 Å². The average molecular weight is 380 g/mol. The van der Waals surface area contributed by atoms with E-state index in [9.17, 15) is 4.79 Å². The molecule has 0 unspecified atom stereocenters. The first-order chi connectivity index (χ1) is 11.7. The van der Waals surface area contributed by atoms with E-state index in [2.05, 4.69) is 46.7 Å². The molecule has 0 aliphatic carbocycles. The van der Waals surface area contributed by atoms with Crippen molar-refractivity contribution >= 4 is 29.7 Å². The molecule has 1 aliphatic heterocycles. The van der Waals surface area contributed by atoms with E-state index in [4.69, 9.17) is 0 Å². The Morgan fingerprint density at radius 2 is 1.92 bits per heavy atom. The molecule has 1 aromatic heterocycles. The molecule has 25 heavy (non-hydrogen) atoms. The molecule has 0 saturated carbocycles. The van der Waals surface area contributed by atoms with E-state index >= 15 is 0 Å². The van der Waals surface area contributed by atoms with Crippen LogP contribution < -0.4 is 10.6 Å². The number of carbonyl (C=O) groups excluding carboxylic acids is 1. The van der Waals surface area contributed by atoms with E-state index in [0.29, 0.717) is 0 Å². The lowest BCUT2D eigenvalue weighted by Gasteiger charge is -2.27. The number of carbonyl (C=O) groups is 1. The first kappa shape index (κ1) is 19.9. The van der Waals surface area contributed by atoms with E-state index in [1.54, 1.807) is 0 Å². The standard InChI is InChI=1S/C19H25N3OS.ClH/c1-15-3-5-16(6-4-15)17-7-14-24-18(17)19(23)21-8-2-11-22-12-9-20-10-13-22;/h3-7,14,20H,2,8-13H2,1H3,(H,21,23);1H. The number of hydrogen-bond acceptors (Lipinski definition) is 4. The molecule has 1 fully saturated rings. The van der Waals surface area contributed by atoms with Crippen LogP contribution in [0.2, 0.25) is 0 Å². The van der Waals surface area contributed by atoms with Crippen molar-refractivity contribution in [2.45, 2.75) is 13.3 Å². The second kappa shape index (κ2) is 9.92. The molecule has 1 aliphatic rings. The van der Waals surface area contributed by atoms with Gasteiger partial charge < -0.3 is 15.5 Å². The third-order valence-corrected chi connectivity index (χ3v) is 5.29. The Morgan fingerprint density at radius 1 is 1.20 bits per heavy atom. The van der Waals surface area contributed by atoms with Crippen molar-refractivity contribution in [3.05, 3.63) is 46.2 Å². The fourth-order valence-corrected chi connectivity index (χ4v) is 3.80. The highest BCUT2D eigenvalue weighted by atomic mass is 35.5. The van der Waals surface area contributed by atoms with Crippen LogP contribution in [-0.4, -0.2) is 50.1 Å². The summed E-state index contributed by atoms with van der Waals surface area (Å²) in [6.07, 6.45) is 0.997. The van der Waals surface area contributed by atoms with E-state index in [0.717, 1.165) is 61.7 Å². The molecule has 0 radical (unpaired) electrons. The van der Waals surface area contributed by atoms with E-state index in [1.807, 2.05) is 11.4 Å². The summed E-state index contributed by atoms with van der Waals surface area (Å²) in [4.78, 5) is 15.8. The van der Waals surface area contributed by atoms with Gasteiger partial charge in [0.2, 0.25) is 0 Å². The number of halogens is 1. The topological polar surface area (TPSA) is 44.4 Å².